The maximum Gasteiger partial charge on any atom is 0.307 e. The van der Waals surface area contributed by atoms with Gasteiger partial charge in [-0.15, -0.1) is 0 Å². The summed E-state index contributed by atoms with van der Waals surface area (Å²) in [4.78, 5) is 11.4. The van der Waals surface area contributed by atoms with Crippen LogP contribution in [0.15, 0.2) is 0 Å². The van der Waals surface area contributed by atoms with E-state index in [0.717, 1.165) is 18.8 Å². The van der Waals surface area contributed by atoms with Gasteiger partial charge in [-0.25, -0.2) is 0 Å². The van der Waals surface area contributed by atoms with Crippen molar-refractivity contribution in [1.29, 1.82) is 0 Å². The zero-order chi connectivity index (χ0) is 15.5. The van der Waals surface area contributed by atoms with Crippen LogP contribution in [0, 0.1) is 23.2 Å². The molecule has 1 aliphatic rings. The van der Waals surface area contributed by atoms with Gasteiger partial charge in [0.2, 0.25) is 0 Å². The Hall–Kier alpha value is -0.570. The van der Waals surface area contributed by atoms with E-state index in [-0.39, 0.29) is 11.3 Å². The molecule has 3 nitrogen and oxygen atoms in total. The Balaban J connectivity index is 2.59. The molecule has 1 saturated carbocycles. The van der Waals surface area contributed by atoms with Gasteiger partial charge in [-0.2, -0.15) is 0 Å². The minimum Gasteiger partial charge on any atom is -0.481 e. The lowest BCUT2D eigenvalue weighted by Crippen LogP contribution is -2.52. The fourth-order valence-corrected chi connectivity index (χ4v) is 3.51. The fraction of sp³-hybridized carbons (Fsp3) is 0.941. The second-order valence-electron chi connectivity index (χ2n) is 7.72. The number of rotatable bonds is 6. The summed E-state index contributed by atoms with van der Waals surface area (Å²) in [6, 6.07) is 0.963. The van der Waals surface area contributed by atoms with Crippen LogP contribution in [0.25, 0.3) is 0 Å². The van der Waals surface area contributed by atoms with E-state index in [1.807, 2.05) is 0 Å². The van der Waals surface area contributed by atoms with Gasteiger partial charge in [0.25, 0.3) is 0 Å². The van der Waals surface area contributed by atoms with Crippen molar-refractivity contribution in [3.8, 4) is 0 Å². The smallest absolute Gasteiger partial charge is 0.307 e. The summed E-state index contributed by atoms with van der Waals surface area (Å²) >= 11 is 0. The van der Waals surface area contributed by atoms with Gasteiger partial charge >= 0.3 is 5.97 Å². The van der Waals surface area contributed by atoms with E-state index in [1.165, 1.54) is 12.8 Å². The second kappa shape index (κ2) is 6.93. The molecule has 0 saturated heterocycles. The lowest BCUT2D eigenvalue weighted by atomic mass is 9.61. The predicted molar refractivity (Wildman–Crippen MR) is 83.8 cm³/mol. The number of carbonyl (C=O) groups is 1. The zero-order valence-electron chi connectivity index (χ0n) is 14.1. The minimum absolute atomic E-state index is 0.139. The molecule has 0 heterocycles. The van der Waals surface area contributed by atoms with E-state index in [4.69, 9.17) is 0 Å². The molecule has 4 atom stereocenters. The summed E-state index contributed by atoms with van der Waals surface area (Å²) < 4.78 is 0. The van der Waals surface area contributed by atoms with Crippen molar-refractivity contribution in [3.63, 3.8) is 0 Å². The number of nitrogens with one attached hydrogen (secondary N) is 1. The van der Waals surface area contributed by atoms with Gasteiger partial charge in [0.15, 0.2) is 0 Å². The molecular formula is C17H33NO2. The highest BCUT2D eigenvalue weighted by Crippen LogP contribution is 2.45. The Bertz CT molecular complexity index is 325. The number of aliphatic carboxylic acids is 1. The first-order valence-electron chi connectivity index (χ1n) is 8.15. The molecular weight excluding hydrogens is 250 g/mol. The van der Waals surface area contributed by atoms with Crippen LogP contribution in [0.5, 0.6) is 0 Å². The molecule has 118 valence electrons. The standard InChI is InChI=1S/C17H33NO2/c1-11(2)7-8-12(3)18-15-10-9-14(16(19)20)17(5,6)13(15)4/h11-15,18H,7-10H2,1-6H3,(H,19,20). The van der Waals surface area contributed by atoms with Crippen LogP contribution >= 0.6 is 0 Å². The number of hydrogen-bond donors (Lipinski definition) is 2. The summed E-state index contributed by atoms with van der Waals surface area (Å²) in [5.74, 6) is 0.296. The van der Waals surface area contributed by atoms with Gasteiger partial charge in [0, 0.05) is 12.1 Å². The van der Waals surface area contributed by atoms with E-state index < -0.39 is 5.97 Å². The molecule has 20 heavy (non-hydrogen) atoms. The third-order valence-corrected chi connectivity index (χ3v) is 5.42. The first kappa shape index (κ1) is 17.5. The maximum atomic E-state index is 11.4. The quantitative estimate of drug-likeness (QED) is 0.776. The van der Waals surface area contributed by atoms with E-state index in [0.29, 0.717) is 18.0 Å². The molecule has 1 fully saturated rings. The Morgan fingerprint density at radius 2 is 1.85 bits per heavy atom. The maximum absolute atomic E-state index is 11.4. The van der Waals surface area contributed by atoms with Gasteiger partial charge in [-0.05, 0) is 49.9 Å². The van der Waals surface area contributed by atoms with Crippen molar-refractivity contribution in [2.75, 3.05) is 0 Å². The molecule has 0 bridgehead atoms. The Morgan fingerprint density at radius 1 is 1.25 bits per heavy atom. The number of carboxylic acids is 1. The average Bonchev–Trinajstić information content (AvgIpc) is 2.32. The number of carboxylic acid groups (broad SMARTS) is 1. The SMILES string of the molecule is CC(C)CCC(C)NC1CCC(C(=O)O)C(C)(C)C1C. The highest BCUT2D eigenvalue weighted by Gasteiger charge is 2.46. The second-order valence-corrected chi connectivity index (χ2v) is 7.72. The van der Waals surface area contributed by atoms with E-state index in [9.17, 15) is 9.90 Å². The van der Waals surface area contributed by atoms with Crippen molar-refractivity contribution in [2.24, 2.45) is 23.2 Å². The summed E-state index contributed by atoms with van der Waals surface area (Å²) in [5, 5.41) is 13.1. The molecule has 2 N–H and O–H groups in total. The Labute approximate surface area is 124 Å². The van der Waals surface area contributed by atoms with Crippen LogP contribution < -0.4 is 5.32 Å². The average molecular weight is 283 g/mol. The molecule has 0 aromatic heterocycles. The van der Waals surface area contributed by atoms with Gasteiger partial charge in [-0.1, -0.05) is 34.6 Å². The molecule has 4 unspecified atom stereocenters. The van der Waals surface area contributed by atoms with Crippen LogP contribution in [0.4, 0.5) is 0 Å². The van der Waals surface area contributed by atoms with Crippen molar-refractivity contribution < 1.29 is 9.90 Å². The van der Waals surface area contributed by atoms with E-state index in [1.54, 1.807) is 0 Å². The van der Waals surface area contributed by atoms with Gasteiger partial charge in [-0.3, -0.25) is 4.79 Å². The highest BCUT2D eigenvalue weighted by atomic mass is 16.4. The molecule has 0 aliphatic heterocycles. The lowest BCUT2D eigenvalue weighted by molar-refractivity contribution is -0.150. The van der Waals surface area contributed by atoms with E-state index >= 15 is 0 Å². The van der Waals surface area contributed by atoms with Gasteiger partial charge in [0.05, 0.1) is 5.92 Å². The van der Waals surface area contributed by atoms with Crippen molar-refractivity contribution in [1.82, 2.24) is 5.32 Å². The summed E-state index contributed by atoms with van der Waals surface area (Å²) in [7, 11) is 0. The third kappa shape index (κ3) is 4.21. The summed E-state index contributed by atoms with van der Waals surface area (Å²) in [6.07, 6.45) is 4.22. The summed E-state index contributed by atoms with van der Waals surface area (Å²) in [6.45, 7) is 13.2. The van der Waals surface area contributed by atoms with Crippen molar-refractivity contribution >= 4 is 5.97 Å². The molecule has 0 amide bonds. The molecule has 0 aromatic carbocycles. The molecule has 1 aliphatic carbocycles. The topological polar surface area (TPSA) is 49.3 Å². The first-order valence-corrected chi connectivity index (χ1v) is 8.15. The molecule has 0 radical (unpaired) electrons. The van der Waals surface area contributed by atoms with E-state index in [2.05, 4.69) is 46.9 Å². The highest BCUT2D eigenvalue weighted by molar-refractivity contribution is 5.71. The third-order valence-electron chi connectivity index (χ3n) is 5.42. The van der Waals surface area contributed by atoms with Crippen LogP contribution in [-0.2, 0) is 4.79 Å². The van der Waals surface area contributed by atoms with Crippen molar-refractivity contribution in [2.45, 2.75) is 79.3 Å². The molecule has 0 aromatic rings. The largest absolute Gasteiger partial charge is 0.481 e. The van der Waals surface area contributed by atoms with Gasteiger partial charge in [0.1, 0.15) is 0 Å². The molecule has 3 heteroatoms. The van der Waals surface area contributed by atoms with Crippen LogP contribution in [0.3, 0.4) is 0 Å². The number of hydrogen-bond acceptors (Lipinski definition) is 2. The van der Waals surface area contributed by atoms with Crippen LogP contribution in [0.1, 0.15) is 67.2 Å². The first-order chi connectivity index (χ1) is 9.16. The molecule has 0 spiro atoms. The van der Waals surface area contributed by atoms with Gasteiger partial charge < -0.3 is 10.4 Å². The monoisotopic (exact) mass is 283 g/mol. The molecule has 1 rings (SSSR count). The van der Waals surface area contributed by atoms with Crippen LogP contribution in [-0.4, -0.2) is 23.2 Å². The zero-order valence-corrected chi connectivity index (χ0v) is 14.1. The predicted octanol–water partition coefficient (Wildman–Crippen LogP) is 3.93. The summed E-state index contributed by atoms with van der Waals surface area (Å²) in [5.41, 5.74) is -0.139. The Kier molecular flexibility index (Phi) is 6.06. The minimum atomic E-state index is -0.631. The Morgan fingerprint density at radius 3 is 2.35 bits per heavy atom. The lowest BCUT2D eigenvalue weighted by Gasteiger charge is -2.47. The normalized spacial score (nSPS) is 31.2. The van der Waals surface area contributed by atoms with Crippen molar-refractivity contribution in [3.05, 3.63) is 0 Å². The van der Waals surface area contributed by atoms with Crippen LogP contribution in [0.2, 0.25) is 0 Å². The fourth-order valence-electron chi connectivity index (χ4n) is 3.51.